The number of amides is 2. The van der Waals surface area contributed by atoms with Gasteiger partial charge in [0.25, 0.3) is 0 Å². The molecule has 0 aliphatic rings. The number of urea groups is 1. The lowest BCUT2D eigenvalue weighted by molar-refractivity contribution is -0.137. The Kier molecular flexibility index (Phi) is 5.94. The fourth-order valence-corrected chi connectivity index (χ4v) is 2.59. The highest BCUT2D eigenvalue weighted by Gasteiger charge is 2.26. The normalized spacial score (nSPS) is 12.8. The number of carbonyl (C=O) groups is 2. The summed E-state index contributed by atoms with van der Waals surface area (Å²) >= 11 is 1.46. The number of hydrogen-bond acceptors (Lipinski definition) is 4. The van der Waals surface area contributed by atoms with Crippen molar-refractivity contribution < 1.29 is 14.7 Å². The average molecular weight is 299 g/mol. The van der Waals surface area contributed by atoms with E-state index in [1.807, 2.05) is 26.2 Å². The number of hydrogen-bond donors (Lipinski definition) is 3. The minimum Gasteiger partial charge on any atom is -0.481 e. The lowest BCUT2D eigenvalue weighted by atomic mass is 10.1. The minimum atomic E-state index is -0.914. The first kappa shape index (κ1) is 16.4. The van der Waals surface area contributed by atoms with Crippen LogP contribution in [0, 0.1) is 0 Å². The van der Waals surface area contributed by atoms with Gasteiger partial charge in [-0.3, -0.25) is 4.79 Å². The van der Waals surface area contributed by atoms with E-state index in [2.05, 4.69) is 15.6 Å². The third-order valence-electron chi connectivity index (χ3n) is 2.79. The first-order chi connectivity index (χ1) is 9.35. The van der Waals surface area contributed by atoms with Crippen molar-refractivity contribution >= 4 is 23.3 Å². The summed E-state index contributed by atoms with van der Waals surface area (Å²) in [6.45, 7) is 5.67. The summed E-state index contributed by atoms with van der Waals surface area (Å²) in [4.78, 5) is 26.9. The van der Waals surface area contributed by atoms with E-state index in [1.165, 1.54) is 11.3 Å². The second kappa shape index (κ2) is 7.23. The molecule has 0 aliphatic carbocycles. The van der Waals surface area contributed by atoms with Gasteiger partial charge in [-0.1, -0.05) is 13.3 Å². The van der Waals surface area contributed by atoms with Crippen LogP contribution in [-0.2, 0) is 10.3 Å². The summed E-state index contributed by atoms with van der Waals surface area (Å²) in [6.07, 6.45) is 3.07. The molecule has 1 aromatic rings. The largest absolute Gasteiger partial charge is 0.481 e. The van der Waals surface area contributed by atoms with Gasteiger partial charge in [-0.05, 0) is 20.3 Å². The summed E-state index contributed by atoms with van der Waals surface area (Å²) in [5.41, 5.74) is -0.585. The van der Waals surface area contributed by atoms with Gasteiger partial charge in [-0.2, -0.15) is 0 Å². The molecule has 112 valence electrons. The molecule has 3 N–H and O–H groups in total. The zero-order valence-electron chi connectivity index (χ0n) is 12.0. The van der Waals surface area contributed by atoms with Crippen molar-refractivity contribution in [3.63, 3.8) is 0 Å². The van der Waals surface area contributed by atoms with Gasteiger partial charge in [0.05, 0.1) is 12.0 Å². The van der Waals surface area contributed by atoms with Crippen molar-refractivity contribution in [2.75, 3.05) is 0 Å². The number of thiazole rings is 1. The van der Waals surface area contributed by atoms with E-state index in [0.29, 0.717) is 6.42 Å². The van der Waals surface area contributed by atoms with Gasteiger partial charge in [0.1, 0.15) is 5.01 Å². The van der Waals surface area contributed by atoms with Gasteiger partial charge in [0.2, 0.25) is 0 Å². The number of carboxylic acid groups (broad SMARTS) is 1. The Morgan fingerprint density at radius 2 is 2.20 bits per heavy atom. The Bertz CT molecular complexity index is 446. The van der Waals surface area contributed by atoms with Crippen molar-refractivity contribution in [1.29, 1.82) is 0 Å². The number of carbonyl (C=O) groups excluding carboxylic acids is 1. The molecule has 1 atom stereocenters. The SMILES string of the molecule is CCCC(CC(=O)O)NC(=O)NC(C)(C)c1nccs1. The Balaban J connectivity index is 2.59. The maximum atomic E-state index is 12.0. The van der Waals surface area contributed by atoms with E-state index in [4.69, 9.17) is 5.11 Å². The summed E-state index contributed by atoms with van der Waals surface area (Å²) in [5.74, 6) is -0.914. The van der Waals surface area contributed by atoms with Gasteiger partial charge >= 0.3 is 12.0 Å². The molecule has 1 heterocycles. The van der Waals surface area contributed by atoms with Crippen LogP contribution in [0.5, 0.6) is 0 Å². The minimum absolute atomic E-state index is 0.0705. The Labute approximate surface area is 122 Å². The Hall–Kier alpha value is -1.63. The van der Waals surface area contributed by atoms with Gasteiger partial charge in [0, 0.05) is 17.6 Å². The summed E-state index contributed by atoms with van der Waals surface area (Å²) in [7, 11) is 0. The summed E-state index contributed by atoms with van der Waals surface area (Å²) in [5, 5.41) is 17.0. The smallest absolute Gasteiger partial charge is 0.315 e. The summed E-state index contributed by atoms with van der Waals surface area (Å²) < 4.78 is 0. The van der Waals surface area contributed by atoms with Crippen LogP contribution in [0.1, 0.15) is 45.0 Å². The molecule has 0 fully saturated rings. The first-order valence-electron chi connectivity index (χ1n) is 6.55. The molecule has 1 rings (SSSR count). The first-order valence-corrected chi connectivity index (χ1v) is 7.43. The average Bonchev–Trinajstić information content (AvgIpc) is 2.80. The molecule has 0 saturated carbocycles. The third-order valence-corrected chi connectivity index (χ3v) is 3.88. The fraction of sp³-hybridized carbons (Fsp3) is 0.615. The van der Waals surface area contributed by atoms with E-state index in [-0.39, 0.29) is 18.5 Å². The maximum absolute atomic E-state index is 12.0. The predicted molar refractivity (Wildman–Crippen MR) is 77.8 cm³/mol. The number of nitrogens with zero attached hydrogens (tertiary/aromatic N) is 1. The van der Waals surface area contributed by atoms with Crippen LogP contribution in [0.15, 0.2) is 11.6 Å². The van der Waals surface area contributed by atoms with E-state index in [9.17, 15) is 9.59 Å². The highest BCUT2D eigenvalue weighted by Crippen LogP contribution is 2.21. The molecule has 0 aliphatic heterocycles. The van der Waals surface area contributed by atoms with Crippen molar-refractivity contribution in [1.82, 2.24) is 15.6 Å². The molecule has 1 unspecified atom stereocenters. The number of aromatic nitrogens is 1. The molecule has 0 spiro atoms. The molecule has 0 radical (unpaired) electrons. The molecule has 0 aromatic carbocycles. The van der Waals surface area contributed by atoms with Crippen LogP contribution in [-0.4, -0.2) is 28.1 Å². The molecule has 6 nitrogen and oxygen atoms in total. The topological polar surface area (TPSA) is 91.3 Å². The summed E-state index contributed by atoms with van der Waals surface area (Å²) in [6, 6.07) is -0.727. The highest BCUT2D eigenvalue weighted by molar-refractivity contribution is 7.09. The number of aliphatic carboxylic acids is 1. The molecule has 7 heteroatoms. The highest BCUT2D eigenvalue weighted by atomic mass is 32.1. The van der Waals surface area contributed by atoms with Crippen LogP contribution in [0.25, 0.3) is 0 Å². The van der Waals surface area contributed by atoms with Gasteiger partial charge in [-0.15, -0.1) is 11.3 Å². The second-order valence-corrected chi connectivity index (χ2v) is 6.04. The van der Waals surface area contributed by atoms with Crippen LogP contribution < -0.4 is 10.6 Å². The van der Waals surface area contributed by atoms with Crippen LogP contribution >= 0.6 is 11.3 Å². The Morgan fingerprint density at radius 1 is 1.50 bits per heavy atom. The van der Waals surface area contributed by atoms with Crippen molar-refractivity contribution in [3.8, 4) is 0 Å². The van der Waals surface area contributed by atoms with E-state index in [0.717, 1.165) is 11.4 Å². The van der Waals surface area contributed by atoms with Gasteiger partial charge in [0.15, 0.2) is 0 Å². The molecular formula is C13H21N3O3S. The molecule has 0 bridgehead atoms. The van der Waals surface area contributed by atoms with Crippen LogP contribution in [0.4, 0.5) is 4.79 Å². The molecule has 2 amide bonds. The van der Waals surface area contributed by atoms with E-state index >= 15 is 0 Å². The predicted octanol–water partition coefficient (Wildman–Crippen LogP) is 2.32. The molecule has 0 saturated heterocycles. The van der Waals surface area contributed by atoms with Crippen molar-refractivity contribution in [3.05, 3.63) is 16.6 Å². The zero-order chi connectivity index (χ0) is 15.2. The zero-order valence-corrected chi connectivity index (χ0v) is 12.8. The monoisotopic (exact) mass is 299 g/mol. The van der Waals surface area contributed by atoms with Gasteiger partial charge < -0.3 is 15.7 Å². The van der Waals surface area contributed by atoms with E-state index < -0.39 is 11.5 Å². The number of nitrogens with one attached hydrogen (secondary N) is 2. The number of carboxylic acids is 1. The molecule has 1 aromatic heterocycles. The quantitative estimate of drug-likeness (QED) is 0.720. The Morgan fingerprint density at radius 3 is 2.70 bits per heavy atom. The fourth-order valence-electron chi connectivity index (χ4n) is 1.88. The molecular weight excluding hydrogens is 278 g/mol. The molecule has 20 heavy (non-hydrogen) atoms. The maximum Gasteiger partial charge on any atom is 0.315 e. The van der Waals surface area contributed by atoms with Crippen molar-refractivity contribution in [2.24, 2.45) is 0 Å². The van der Waals surface area contributed by atoms with Crippen LogP contribution in [0.3, 0.4) is 0 Å². The van der Waals surface area contributed by atoms with Gasteiger partial charge in [-0.25, -0.2) is 9.78 Å². The van der Waals surface area contributed by atoms with Crippen molar-refractivity contribution in [2.45, 2.75) is 51.6 Å². The van der Waals surface area contributed by atoms with E-state index in [1.54, 1.807) is 6.20 Å². The third kappa shape index (κ3) is 5.16. The standard InChI is InChI=1S/C13H21N3O3S/c1-4-5-9(8-10(17)18)15-12(19)16-13(2,3)11-14-6-7-20-11/h6-7,9H,4-5,8H2,1-3H3,(H,17,18)(H2,15,16,19). The lowest BCUT2D eigenvalue weighted by Gasteiger charge is -2.26. The lowest BCUT2D eigenvalue weighted by Crippen LogP contribution is -2.49. The number of rotatable bonds is 7. The van der Waals surface area contributed by atoms with Crippen LogP contribution in [0.2, 0.25) is 0 Å². The second-order valence-electron chi connectivity index (χ2n) is 5.14.